The normalized spacial score (nSPS) is 14.7. The third-order valence-electron chi connectivity index (χ3n) is 3.34. The molecule has 0 fully saturated rings. The zero-order chi connectivity index (χ0) is 14.6. The van der Waals surface area contributed by atoms with Crippen LogP contribution in [0, 0.1) is 11.8 Å². The van der Waals surface area contributed by atoms with E-state index in [0.717, 1.165) is 12.1 Å². The Balaban J connectivity index is 2.57. The maximum atomic E-state index is 11.9. The lowest BCUT2D eigenvalue weighted by Gasteiger charge is -2.27. The molecule has 3 N–H and O–H groups in total. The Morgan fingerprint density at radius 3 is 2.63 bits per heavy atom. The molecule has 0 saturated carbocycles. The number of rotatable bonds is 6. The Labute approximate surface area is 114 Å². The van der Waals surface area contributed by atoms with Gasteiger partial charge in [-0.25, -0.2) is 0 Å². The second-order valence-corrected chi connectivity index (χ2v) is 6.07. The molecule has 0 aliphatic carbocycles. The topological polar surface area (TPSA) is 78.0 Å². The Hall–Kier alpha value is -1.36. The maximum Gasteiger partial charge on any atom is 0.271 e. The summed E-state index contributed by atoms with van der Waals surface area (Å²) in [4.78, 5) is 11.9. The van der Waals surface area contributed by atoms with Crippen LogP contribution < -0.4 is 5.32 Å². The molecule has 5 nitrogen and oxygen atoms in total. The molecule has 0 aromatic carbocycles. The van der Waals surface area contributed by atoms with Crippen LogP contribution >= 0.6 is 0 Å². The number of hydrogen-bond donors (Lipinski definition) is 3. The third-order valence-corrected chi connectivity index (χ3v) is 3.34. The number of amides is 1. The highest BCUT2D eigenvalue weighted by molar-refractivity contribution is 5.92. The van der Waals surface area contributed by atoms with Crippen LogP contribution in [-0.4, -0.2) is 33.4 Å². The molecular formula is C14H25N3O2. The second-order valence-electron chi connectivity index (χ2n) is 6.07. The Bertz CT molecular complexity index is 422. The van der Waals surface area contributed by atoms with Gasteiger partial charge in [0.15, 0.2) is 0 Å². The molecule has 0 radical (unpaired) electrons. The van der Waals surface area contributed by atoms with Crippen molar-refractivity contribution >= 4 is 5.91 Å². The SMILES string of the molecule is CC(C)Cc1cc(C(=O)NCC(C)(O)C(C)C)n[nH]1. The van der Waals surface area contributed by atoms with E-state index in [1.807, 2.05) is 13.8 Å². The minimum absolute atomic E-state index is 0.0727. The highest BCUT2D eigenvalue weighted by Crippen LogP contribution is 2.14. The predicted octanol–water partition coefficient (Wildman–Crippen LogP) is 1.74. The first-order chi connectivity index (χ1) is 8.72. The first-order valence-electron chi connectivity index (χ1n) is 6.77. The van der Waals surface area contributed by atoms with Gasteiger partial charge in [0.1, 0.15) is 5.69 Å². The van der Waals surface area contributed by atoms with Crippen LogP contribution in [0.5, 0.6) is 0 Å². The van der Waals surface area contributed by atoms with Crippen LogP contribution in [0.25, 0.3) is 0 Å². The van der Waals surface area contributed by atoms with Crippen molar-refractivity contribution in [3.05, 3.63) is 17.5 Å². The smallest absolute Gasteiger partial charge is 0.271 e. The number of aromatic nitrogens is 2. The van der Waals surface area contributed by atoms with Crippen molar-refractivity contribution in [1.82, 2.24) is 15.5 Å². The largest absolute Gasteiger partial charge is 0.388 e. The first-order valence-corrected chi connectivity index (χ1v) is 6.77. The van der Waals surface area contributed by atoms with Crippen molar-refractivity contribution in [2.24, 2.45) is 11.8 Å². The van der Waals surface area contributed by atoms with E-state index in [4.69, 9.17) is 0 Å². The van der Waals surface area contributed by atoms with Gasteiger partial charge in [0.25, 0.3) is 5.91 Å². The zero-order valence-electron chi connectivity index (χ0n) is 12.4. The van der Waals surface area contributed by atoms with E-state index in [1.54, 1.807) is 13.0 Å². The number of H-pyrrole nitrogens is 1. The molecule has 0 saturated heterocycles. The van der Waals surface area contributed by atoms with Gasteiger partial charge in [0.05, 0.1) is 5.60 Å². The average Bonchev–Trinajstić information content (AvgIpc) is 2.73. The molecular weight excluding hydrogens is 242 g/mol. The number of aliphatic hydroxyl groups is 1. The number of aromatic amines is 1. The lowest BCUT2D eigenvalue weighted by Crippen LogP contribution is -2.44. The summed E-state index contributed by atoms with van der Waals surface area (Å²) in [6.45, 7) is 9.99. The van der Waals surface area contributed by atoms with Crippen LogP contribution in [0.1, 0.15) is 50.8 Å². The first kappa shape index (κ1) is 15.7. The van der Waals surface area contributed by atoms with Crippen molar-refractivity contribution < 1.29 is 9.90 Å². The molecule has 19 heavy (non-hydrogen) atoms. The van der Waals surface area contributed by atoms with Gasteiger partial charge in [0, 0.05) is 12.2 Å². The van der Waals surface area contributed by atoms with Crippen molar-refractivity contribution in [3.63, 3.8) is 0 Å². The fourth-order valence-corrected chi connectivity index (χ4v) is 1.58. The molecule has 0 spiro atoms. The van der Waals surface area contributed by atoms with Gasteiger partial charge in [-0.2, -0.15) is 5.10 Å². The number of nitrogens with zero attached hydrogens (tertiary/aromatic N) is 1. The molecule has 1 aromatic heterocycles. The predicted molar refractivity (Wildman–Crippen MR) is 74.9 cm³/mol. The highest BCUT2D eigenvalue weighted by Gasteiger charge is 2.25. The summed E-state index contributed by atoms with van der Waals surface area (Å²) in [6, 6.07) is 1.76. The van der Waals surface area contributed by atoms with Gasteiger partial charge >= 0.3 is 0 Å². The van der Waals surface area contributed by atoms with Crippen molar-refractivity contribution in [1.29, 1.82) is 0 Å². The summed E-state index contributed by atoms with van der Waals surface area (Å²) in [5, 5.41) is 19.6. The molecule has 0 aliphatic heterocycles. The van der Waals surface area contributed by atoms with E-state index in [0.29, 0.717) is 11.6 Å². The summed E-state index contributed by atoms with van der Waals surface area (Å²) in [5.41, 5.74) is 0.415. The molecule has 5 heteroatoms. The molecule has 1 aromatic rings. The number of carbonyl (C=O) groups excluding carboxylic acids is 1. The van der Waals surface area contributed by atoms with E-state index in [1.165, 1.54) is 0 Å². The summed E-state index contributed by atoms with van der Waals surface area (Å²) in [5.74, 6) is 0.328. The molecule has 1 atom stereocenters. The van der Waals surface area contributed by atoms with Gasteiger partial charge < -0.3 is 10.4 Å². The lowest BCUT2D eigenvalue weighted by atomic mass is 9.92. The van der Waals surface area contributed by atoms with Crippen molar-refractivity contribution in [2.45, 2.75) is 46.6 Å². The molecule has 108 valence electrons. The summed E-state index contributed by atoms with van der Waals surface area (Å²) >= 11 is 0. The van der Waals surface area contributed by atoms with E-state index in [9.17, 15) is 9.90 Å². The summed E-state index contributed by atoms with van der Waals surface area (Å²) in [7, 11) is 0. The van der Waals surface area contributed by atoms with E-state index in [-0.39, 0.29) is 18.4 Å². The minimum Gasteiger partial charge on any atom is -0.388 e. The fraction of sp³-hybridized carbons (Fsp3) is 0.714. The maximum absolute atomic E-state index is 11.9. The number of carbonyl (C=O) groups is 1. The van der Waals surface area contributed by atoms with Gasteiger partial charge in [-0.05, 0) is 31.2 Å². The van der Waals surface area contributed by atoms with Crippen LogP contribution in [0.15, 0.2) is 6.07 Å². The highest BCUT2D eigenvalue weighted by atomic mass is 16.3. The van der Waals surface area contributed by atoms with Gasteiger partial charge in [-0.3, -0.25) is 9.89 Å². The van der Waals surface area contributed by atoms with E-state index >= 15 is 0 Å². The van der Waals surface area contributed by atoms with Crippen LogP contribution in [0.3, 0.4) is 0 Å². The quantitative estimate of drug-likeness (QED) is 0.734. The molecule has 0 bridgehead atoms. The Morgan fingerprint density at radius 2 is 2.11 bits per heavy atom. The van der Waals surface area contributed by atoms with E-state index in [2.05, 4.69) is 29.4 Å². The van der Waals surface area contributed by atoms with E-state index < -0.39 is 5.60 Å². The standard InChI is InChI=1S/C14H25N3O2/c1-9(2)6-11-7-12(17-16-11)13(18)15-8-14(5,19)10(3)4/h7,9-10,19H,6,8H2,1-5H3,(H,15,18)(H,16,17). The van der Waals surface area contributed by atoms with Crippen molar-refractivity contribution in [2.75, 3.05) is 6.54 Å². The minimum atomic E-state index is -0.910. The Morgan fingerprint density at radius 1 is 1.47 bits per heavy atom. The van der Waals surface area contributed by atoms with Gasteiger partial charge in [-0.1, -0.05) is 27.7 Å². The number of nitrogens with one attached hydrogen (secondary N) is 2. The summed E-state index contributed by atoms with van der Waals surface area (Å²) in [6.07, 6.45) is 0.865. The van der Waals surface area contributed by atoms with Crippen LogP contribution in [0.4, 0.5) is 0 Å². The van der Waals surface area contributed by atoms with Crippen LogP contribution in [0.2, 0.25) is 0 Å². The zero-order valence-corrected chi connectivity index (χ0v) is 12.4. The van der Waals surface area contributed by atoms with Crippen molar-refractivity contribution in [3.8, 4) is 0 Å². The molecule has 1 amide bonds. The monoisotopic (exact) mass is 267 g/mol. The lowest BCUT2D eigenvalue weighted by molar-refractivity contribution is 0.0142. The molecule has 1 unspecified atom stereocenters. The summed E-state index contributed by atoms with van der Waals surface area (Å²) < 4.78 is 0. The molecule has 1 rings (SSSR count). The van der Waals surface area contributed by atoms with Crippen LogP contribution in [-0.2, 0) is 6.42 Å². The number of hydrogen-bond acceptors (Lipinski definition) is 3. The third kappa shape index (κ3) is 4.67. The molecule has 0 aliphatic rings. The fourth-order valence-electron chi connectivity index (χ4n) is 1.58. The van der Waals surface area contributed by atoms with Gasteiger partial charge in [0.2, 0.25) is 0 Å². The molecule has 1 heterocycles. The van der Waals surface area contributed by atoms with Gasteiger partial charge in [-0.15, -0.1) is 0 Å². The Kier molecular flexibility index (Phi) is 5.11. The average molecular weight is 267 g/mol. The second kappa shape index (κ2) is 6.19.